The number of hydrogen-bond acceptors (Lipinski definition) is 9. The summed E-state index contributed by atoms with van der Waals surface area (Å²) in [5.74, 6) is -2.03. The molecule has 35 heavy (non-hydrogen) atoms. The van der Waals surface area contributed by atoms with E-state index in [9.17, 15) is 19.5 Å². The summed E-state index contributed by atoms with van der Waals surface area (Å²) in [6.45, 7) is 4.16. The van der Waals surface area contributed by atoms with Crippen molar-refractivity contribution in [2.24, 2.45) is 0 Å². The van der Waals surface area contributed by atoms with E-state index in [2.05, 4.69) is 9.97 Å². The van der Waals surface area contributed by atoms with Gasteiger partial charge in [-0.25, -0.2) is 9.78 Å². The Labute approximate surface area is 205 Å². The molecule has 4 rings (SSSR count). The molecule has 1 fully saturated rings. The minimum atomic E-state index is -0.990. The first-order valence-corrected chi connectivity index (χ1v) is 11.7. The predicted octanol–water partition coefficient (Wildman–Crippen LogP) is 4.05. The van der Waals surface area contributed by atoms with Gasteiger partial charge in [-0.1, -0.05) is 24.3 Å². The van der Waals surface area contributed by atoms with E-state index in [4.69, 9.17) is 9.47 Å². The molecule has 0 radical (unpaired) electrons. The highest BCUT2D eigenvalue weighted by Gasteiger charge is 2.48. The van der Waals surface area contributed by atoms with Crippen molar-refractivity contribution in [3.8, 4) is 5.75 Å². The number of nitrogens with zero attached hydrogens (tertiary/aromatic N) is 3. The zero-order valence-electron chi connectivity index (χ0n) is 19.3. The van der Waals surface area contributed by atoms with Crippen molar-refractivity contribution >= 4 is 39.9 Å². The summed E-state index contributed by atoms with van der Waals surface area (Å²) in [6, 6.07) is 9.00. The number of benzene rings is 1. The smallest absolute Gasteiger partial charge is 0.350 e. The van der Waals surface area contributed by atoms with Gasteiger partial charge in [-0.15, -0.1) is 0 Å². The van der Waals surface area contributed by atoms with Crippen LogP contribution in [0.25, 0.3) is 5.76 Å². The van der Waals surface area contributed by atoms with Gasteiger partial charge in [-0.2, -0.15) is 0 Å². The zero-order valence-corrected chi connectivity index (χ0v) is 20.2. The first kappa shape index (κ1) is 24.1. The molecule has 10 heteroatoms. The van der Waals surface area contributed by atoms with E-state index in [0.717, 1.165) is 17.8 Å². The normalized spacial score (nSPS) is 17.0. The molecule has 1 aliphatic rings. The number of anilines is 1. The van der Waals surface area contributed by atoms with E-state index >= 15 is 0 Å². The summed E-state index contributed by atoms with van der Waals surface area (Å²) >= 11 is 0.939. The third-order valence-electron chi connectivity index (χ3n) is 5.41. The molecule has 0 bridgehead atoms. The molecule has 1 amide bonds. The van der Waals surface area contributed by atoms with Crippen molar-refractivity contribution in [1.82, 2.24) is 9.97 Å². The molecule has 1 aromatic carbocycles. The summed E-state index contributed by atoms with van der Waals surface area (Å²) in [6.07, 6.45) is 3.93. The topological polar surface area (TPSA) is 119 Å². The Hall–Kier alpha value is -4.05. The van der Waals surface area contributed by atoms with E-state index in [0.29, 0.717) is 29.2 Å². The number of carbonyl (C=O) groups excluding carboxylic acids is 3. The summed E-state index contributed by atoms with van der Waals surface area (Å²) in [4.78, 5) is 48.4. The Morgan fingerprint density at radius 3 is 2.57 bits per heavy atom. The van der Waals surface area contributed by atoms with Crippen LogP contribution in [-0.4, -0.2) is 46.5 Å². The van der Waals surface area contributed by atoms with Crippen molar-refractivity contribution in [2.75, 3.05) is 18.6 Å². The molecule has 180 valence electrons. The van der Waals surface area contributed by atoms with Crippen LogP contribution in [0.15, 0.2) is 54.4 Å². The van der Waals surface area contributed by atoms with E-state index < -0.39 is 23.7 Å². The molecule has 0 aliphatic carbocycles. The van der Waals surface area contributed by atoms with Crippen molar-refractivity contribution in [1.29, 1.82) is 0 Å². The third-order valence-corrected chi connectivity index (χ3v) is 6.54. The molecular formula is C25H23N3O6S. The fourth-order valence-corrected chi connectivity index (χ4v) is 4.75. The van der Waals surface area contributed by atoms with Gasteiger partial charge < -0.3 is 14.6 Å². The van der Waals surface area contributed by atoms with Crippen molar-refractivity contribution in [3.63, 3.8) is 0 Å². The zero-order chi connectivity index (χ0) is 25.1. The van der Waals surface area contributed by atoms with Crippen LogP contribution in [0.5, 0.6) is 5.75 Å². The van der Waals surface area contributed by atoms with Crippen molar-refractivity contribution in [3.05, 3.63) is 76.1 Å². The molecule has 3 heterocycles. The number of carbonyl (C=O) groups is 3. The lowest BCUT2D eigenvalue weighted by molar-refractivity contribution is -0.132. The number of Topliss-reactive ketones (excluding diaryl/α,β-unsaturated/α-hetero) is 1. The Bertz CT molecular complexity index is 1300. The molecule has 2 aromatic heterocycles. The second-order valence-corrected chi connectivity index (χ2v) is 8.71. The van der Waals surface area contributed by atoms with Crippen molar-refractivity contribution in [2.45, 2.75) is 26.3 Å². The minimum Gasteiger partial charge on any atom is -0.507 e. The van der Waals surface area contributed by atoms with Crippen molar-refractivity contribution < 1.29 is 29.0 Å². The highest BCUT2D eigenvalue weighted by Crippen LogP contribution is 2.43. The van der Waals surface area contributed by atoms with E-state index in [-0.39, 0.29) is 21.3 Å². The number of aryl methyl sites for hydroxylation is 1. The Balaban J connectivity index is 1.84. The maximum atomic E-state index is 13.2. The number of aliphatic hydroxyl groups is 1. The molecule has 0 spiro atoms. The van der Waals surface area contributed by atoms with Gasteiger partial charge in [0.15, 0.2) is 5.13 Å². The molecule has 1 saturated heterocycles. The quantitative estimate of drug-likeness (QED) is 0.227. The van der Waals surface area contributed by atoms with Gasteiger partial charge in [0.05, 0.1) is 31.0 Å². The maximum absolute atomic E-state index is 13.2. The number of ketones is 1. The summed E-state index contributed by atoms with van der Waals surface area (Å²) in [5, 5.41) is 11.3. The lowest BCUT2D eigenvalue weighted by Crippen LogP contribution is -2.29. The first-order chi connectivity index (χ1) is 16.9. The van der Waals surface area contributed by atoms with Crippen LogP contribution in [-0.2, 0) is 14.3 Å². The van der Waals surface area contributed by atoms with E-state index in [1.165, 1.54) is 18.2 Å². The molecule has 3 aromatic rings. The first-order valence-electron chi connectivity index (χ1n) is 10.9. The van der Waals surface area contributed by atoms with Gasteiger partial charge in [-0.3, -0.25) is 19.5 Å². The Morgan fingerprint density at radius 2 is 1.94 bits per heavy atom. The second kappa shape index (κ2) is 10.1. The number of thiazole rings is 1. The average molecular weight is 494 g/mol. The predicted molar refractivity (Wildman–Crippen MR) is 129 cm³/mol. The second-order valence-electron chi connectivity index (χ2n) is 7.73. The summed E-state index contributed by atoms with van der Waals surface area (Å²) in [7, 11) is 1.25. The number of aliphatic hydroxyl groups excluding tert-OH is 1. The monoisotopic (exact) mass is 493 g/mol. The fraction of sp³-hybridized carbons (Fsp3) is 0.240. The molecule has 1 atom stereocenters. The lowest BCUT2D eigenvalue weighted by atomic mass is 9.96. The third kappa shape index (κ3) is 4.52. The summed E-state index contributed by atoms with van der Waals surface area (Å²) < 4.78 is 10.4. The van der Waals surface area contributed by atoms with Gasteiger partial charge in [-0.05, 0) is 49.2 Å². The average Bonchev–Trinajstić information content (AvgIpc) is 3.39. The van der Waals surface area contributed by atoms with Crippen LogP contribution in [0.4, 0.5) is 5.13 Å². The number of methoxy groups -OCH3 is 1. The van der Waals surface area contributed by atoms with E-state index in [1.807, 2.05) is 6.92 Å². The van der Waals surface area contributed by atoms with Gasteiger partial charge in [0.1, 0.15) is 16.4 Å². The Kier molecular flexibility index (Phi) is 6.92. The number of amides is 1. The maximum Gasteiger partial charge on any atom is 0.350 e. The van der Waals surface area contributed by atoms with Crippen LogP contribution in [0.2, 0.25) is 0 Å². The largest absolute Gasteiger partial charge is 0.507 e. The molecule has 0 saturated carbocycles. The summed E-state index contributed by atoms with van der Waals surface area (Å²) in [5.41, 5.74) is 1.12. The number of esters is 1. The number of ether oxygens (including phenoxy) is 2. The lowest BCUT2D eigenvalue weighted by Gasteiger charge is -2.22. The van der Waals surface area contributed by atoms with Crippen LogP contribution >= 0.6 is 11.3 Å². The van der Waals surface area contributed by atoms with Gasteiger partial charge in [0.2, 0.25) is 0 Å². The minimum absolute atomic E-state index is 0.0994. The highest BCUT2D eigenvalue weighted by molar-refractivity contribution is 7.17. The molecule has 1 N–H and O–H groups in total. The van der Waals surface area contributed by atoms with Crippen LogP contribution in [0, 0.1) is 6.92 Å². The number of pyridine rings is 1. The number of aromatic nitrogens is 2. The van der Waals surface area contributed by atoms with Crippen LogP contribution in [0.1, 0.15) is 45.9 Å². The molecule has 0 unspecified atom stereocenters. The van der Waals surface area contributed by atoms with E-state index in [1.54, 1.807) is 49.5 Å². The van der Waals surface area contributed by atoms with Gasteiger partial charge in [0, 0.05) is 18.0 Å². The van der Waals surface area contributed by atoms with Crippen LogP contribution < -0.4 is 9.64 Å². The SMILES string of the molecule is CCCOc1ccc(/C(O)=C2\C(=O)C(=O)N(c3nc(C)c(C(=O)OC)s3)[C@@H]2c2cccnc2)cc1. The standard InChI is InChI=1S/C25H23N3O6S/c1-4-12-34-17-9-7-15(8-10-17)20(29)18-19(16-6-5-11-26-13-16)28(23(31)21(18)30)25-27-14(2)22(35-25)24(32)33-3/h5-11,13,19,29H,4,12H2,1-3H3/b20-18+/t19-/m1/s1. The molecule has 1 aliphatic heterocycles. The highest BCUT2D eigenvalue weighted by atomic mass is 32.1. The van der Waals surface area contributed by atoms with Gasteiger partial charge in [0.25, 0.3) is 5.78 Å². The fourth-order valence-electron chi connectivity index (χ4n) is 3.73. The number of hydrogen-bond donors (Lipinski definition) is 1. The molecular weight excluding hydrogens is 470 g/mol. The number of rotatable bonds is 7. The molecule has 9 nitrogen and oxygen atoms in total. The van der Waals surface area contributed by atoms with Gasteiger partial charge >= 0.3 is 11.9 Å². The Morgan fingerprint density at radius 1 is 1.20 bits per heavy atom. The van der Waals surface area contributed by atoms with Crippen LogP contribution in [0.3, 0.4) is 0 Å².